The van der Waals surface area contributed by atoms with Gasteiger partial charge >= 0.3 is 0 Å². The molecule has 0 radical (unpaired) electrons. The van der Waals surface area contributed by atoms with Gasteiger partial charge in [-0.1, -0.05) is 40.0 Å². The zero-order chi connectivity index (χ0) is 12.7. The minimum atomic E-state index is -0.149. The second kappa shape index (κ2) is 8.10. The smallest absolute Gasteiger partial charge is 0.0664 e. The van der Waals surface area contributed by atoms with Crippen molar-refractivity contribution in [1.29, 1.82) is 0 Å². The van der Waals surface area contributed by atoms with E-state index in [9.17, 15) is 5.11 Å². The van der Waals surface area contributed by atoms with Gasteiger partial charge in [0.1, 0.15) is 0 Å². The topological polar surface area (TPSA) is 32.3 Å². The molecule has 1 saturated carbocycles. The third kappa shape index (κ3) is 5.87. The largest absolute Gasteiger partial charge is 0.392 e. The summed E-state index contributed by atoms with van der Waals surface area (Å²) in [5, 5.41) is 13.3. The lowest BCUT2D eigenvalue weighted by Crippen LogP contribution is -2.35. The summed E-state index contributed by atoms with van der Waals surface area (Å²) < 4.78 is 0. The van der Waals surface area contributed by atoms with Gasteiger partial charge in [-0.2, -0.15) is 0 Å². The highest BCUT2D eigenvalue weighted by atomic mass is 16.3. The number of nitrogens with one attached hydrogen (secondary N) is 1. The van der Waals surface area contributed by atoms with Gasteiger partial charge < -0.3 is 10.4 Å². The summed E-state index contributed by atoms with van der Waals surface area (Å²) >= 11 is 0. The molecule has 1 rings (SSSR count). The molecule has 0 amide bonds. The Bertz CT molecular complexity index is 193. The van der Waals surface area contributed by atoms with Crippen molar-refractivity contribution in [3.63, 3.8) is 0 Å². The van der Waals surface area contributed by atoms with E-state index in [0.29, 0.717) is 6.04 Å². The maximum absolute atomic E-state index is 9.73. The molecule has 1 aliphatic rings. The number of rotatable bonds is 6. The summed E-state index contributed by atoms with van der Waals surface area (Å²) in [6, 6.07) is 0.644. The van der Waals surface area contributed by atoms with Gasteiger partial charge in [0, 0.05) is 12.6 Å². The molecule has 0 saturated heterocycles. The normalized spacial score (nSPS) is 28.1. The summed E-state index contributed by atoms with van der Waals surface area (Å²) in [6.07, 6.45) is 8.54. The van der Waals surface area contributed by atoms with Gasteiger partial charge in [-0.25, -0.2) is 0 Å². The van der Waals surface area contributed by atoms with Crippen molar-refractivity contribution >= 4 is 0 Å². The van der Waals surface area contributed by atoms with Gasteiger partial charge in [0.15, 0.2) is 0 Å². The Morgan fingerprint density at radius 1 is 1.18 bits per heavy atom. The lowest BCUT2D eigenvalue weighted by molar-refractivity contribution is 0.155. The van der Waals surface area contributed by atoms with Crippen LogP contribution in [-0.2, 0) is 0 Å². The molecule has 3 atom stereocenters. The fraction of sp³-hybridized carbons (Fsp3) is 1.00. The Balaban J connectivity index is 2.22. The summed E-state index contributed by atoms with van der Waals surface area (Å²) in [6.45, 7) is 7.61. The van der Waals surface area contributed by atoms with Crippen LogP contribution in [0.4, 0.5) is 0 Å². The Hall–Kier alpha value is -0.0800. The second-order valence-corrected chi connectivity index (χ2v) is 6.06. The molecule has 2 nitrogen and oxygen atoms in total. The molecule has 102 valence electrons. The first kappa shape index (κ1) is 15.0. The van der Waals surface area contributed by atoms with E-state index in [4.69, 9.17) is 0 Å². The van der Waals surface area contributed by atoms with E-state index in [2.05, 4.69) is 26.1 Å². The minimum absolute atomic E-state index is 0.149. The molecular formula is C15H31NO. The zero-order valence-corrected chi connectivity index (χ0v) is 11.9. The average Bonchev–Trinajstić information content (AvgIpc) is 2.52. The Morgan fingerprint density at radius 2 is 1.94 bits per heavy atom. The maximum Gasteiger partial charge on any atom is 0.0664 e. The number of aliphatic hydroxyl groups is 1. The molecule has 1 aliphatic carbocycles. The Morgan fingerprint density at radius 3 is 2.59 bits per heavy atom. The van der Waals surface area contributed by atoms with Crippen LogP contribution in [-0.4, -0.2) is 23.8 Å². The molecule has 0 aromatic rings. The first-order valence-corrected chi connectivity index (χ1v) is 7.55. The quantitative estimate of drug-likeness (QED) is 0.699. The fourth-order valence-corrected chi connectivity index (χ4v) is 2.94. The predicted octanol–water partition coefficient (Wildman–Crippen LogP) is 3.34. The van der Waals surface area contributed by atoms with E-state index < -0.39 is 0 Å². The van der Waals surface area contributed by atoms with Crippen LogP contribution in [0.3, 0.4) is 0 Å². The van der Waals surface area contributed by atoms with Crippen molar-refractivity contribution < 1.29 is 5.11 Å². The molecule has 0 aliphatic heterocycles. The van der Waals surface area contributed by atoms with E-state index in [1.54, 1.807) is 0 Å². The second-order valence-electron chi connectivity index (χ2n) is 6.06. The van der Waals surface area contributed by atoms with Gasteiger partial charge in [-0.15, -0.1) is 0 Å². The number of aliphatic hydroxyl groups excluding tert-OH is 1. The van der Waals surface area contributed by atoms with Crippen LogP contribution in [0, 0.1) is 11.8 Å². The molecule has 0 aromatic carbocycles. The van der Waals surface area contributed by atoms with Crippen molar-refractivity contribution in [3.8, 4) is 0 Å². The van der Waals surface area contributed by atoms with E-state index in [0.717, 1.165) is 31.2 Å². The predicted molar refractivity (Wildman–Crippen MR) is 74.1 cm³/mol. The molecule has 1 fully saturated rings. The molecule has 0 heterocycles. The molecule has 0 aromatic heterocycles. The van der Waals surface area contributed by atoms with E-state index >= 15 is 0 Å². The lowest BCUT2D eigenvalue weighted by Gasteiger charge is -2.20. The number of hydrogen-bond donors (Lipinski definition) is 2. The molecule has 0 bridgehead atoms. The molecule has 3 unspecified atom stereocenters. The number of hydrogen-bond acceptors (Lipinski definition) is 2. The minimum Gasteiger partial charge on any atom is -0.392 e. The van der Waals surface area contributed by atoms with E-state index in [-0.39, 0.29) is 6.10 Å². The van der Waals surface area contributed by atoms with Crippen molar-refractivity contribution in [2.45, 2.75) is 77.9 Å². The van der Waals surface area contributed by atoms with Crippen LogP contribution < -0.4 is 5.32 Å². The van der Waals surface area contributed by atoms with Crippen LogP contribution in [0.5, 0.6) is 0 Å². The van der Waals surface area contributed by atoms with Crippen LogP contribution in [0.15, 0.2) is 0 Å². The first-order chi connectivity index (χ1) is 8.13. The van der Waals surface area contributed by atoms with Gasteiger partial charge in [-0.3, -0.25) is 0 Å². The highest BCUT2D eigenvalue weighted by Crippen LogP contribution is 2.28. The van der Waals surface area contributed by atoms with Crippen LogP contribution in [0.2, 0.25) is 0 Å². The monoisotopic (exact) mass is 241 g/mol. The van der Waals surface area contributed by atoms with Crippen molar-refractivity contribution in [3.05, 3.63) is 0 Å². The van der Waals surface area contributed by atoms with Crippen LogP contribution in [0.1, 0.15) is 65.7 Å². The highest BCUT2D eigenvalue weighted by Gasteiger charge is 2.20. The molecule has 2 heteroatoms. The third-order valence-corrected chi connectivity index (χ3v) is 4.22. The molecule has 2 N–H and O–H groups in total. The van der Waals surface area contributed by atoms with Gasteiger partial charge in [-0.05, 0) is 37.5 Å². The zero-order valence-electron chi connectivity index (χ0n) is 11.9. The lowest BCUT2D eigenvalue weighted by atomic mass is 9.89. The molecular weight excluding hydrogens is 210 g/mol. The van der Waals surface area contributed by atoms with Gasteiger partial charge in [0.2, 0.25) is 0 Å². The van der Waals surface area contributed by atoms with E-state index in [1.165, 1.54) is 32.1 Å². The fourth-order valence-electron chi connectivity index (χ4n) is 2.94. The van der Waals surface area contributed by atoms with Gasteiger partial charge in [0.25, 0.3) is 0 Å². The van der Waals surface area contributed by atoms with E-state index in [1.807, 2.05) is 0 Å². The molecule has 17 heavy (non-hydrogen) atoms. The highest BCUT2D eigenvalue weighted by molar-refractivity contribution is 4.77. The average molecular weight is 241 g/mol. The Labute approximate surface area is 107 Å². The third-order valence-electron chi connectivity index (χ3n) is 4.22. The van der Waals surface area contributed by atoms with Crippen molar-refractivity contribution in [1.82, 2.24) is 5.32 Å². The summed E-state index contributed by atoms with van der Waals surface area (Å²) in [7, 11) is 0. The Kier molecular flexibility index (Phi) is 7.14. The van der Waals surface area contributed by atoms with Crippen molar-refractivity contribution in [2.75, 3.05) is 6.54 Å². The summed E-state index contributed by atoms with van der Waals surface area (Å²) in [5.41, 5.74) is 0. The van der Waals surface area contributed by atoms with Crippen molar-refractivity contribution in [2.24, 2.45) is 11.8 Å². The maximum atomic E-state index is 9.73. The molecule has 0 spiro atoms. The first-order valence-electron chi connectivity index (χ1n) is 7.55. The van der Waals surface area contributed by atoms with Crippen LogP contribution in [0.25, 0.3) is 0 Å². The van der Waals surface area contributed by atoms with Gasteiger partial charge in [0.05, 0.1) is 6.10 Å². The SMILES string of the molecule is CCCC(O)CNC1CCCC(C(C)C)CC1. The van der Waals surface area contributed by atoms with Crippen LogP contribution >= 0.6 is 0 Å². The summed E-state index contributed by atoms with van der Waals surface area (Å²) in [4.78, 5) is 0. The summed E-state index contributed by atoms with van der Waals surface area (Å²) in [5.74, 6) is 1.75. The standard InChI is InChI=1S/C15H31NO/c1-4-6-15(17)11-16-14-8-5-7-13(9-10-14)12(2)3/h12-17H,4-11H2,1-3H3.